The average molecular weight is 397 g/mol. The van der Waals surface area contributed by atoms with Crippen LogP contribution in [0.4, 0.5) is 4.79 Å². The van der Waals surface area contributed by atoms with Crippen molar-refractivity contribution < 1.29 is 9.59 Å². The molecule has 6 nitrogen and oxygen atoms in total. The molecule has 0 aromatic heterocycles. The molecular formula is C23H32N4O2. The molecular weight excluding hydrogens is 364 g/mol. The summed E-state index contributed by atoms with van der Waals surface area (Å²) < 4.78 is 0. The molecule has 0 bridgehead atoms. The van der Waals surface area contributed by atoms with Gasteiger partial charge >= 0.3 is 6.03 Å². The fourth-order valence-electron chi connectivity index (χ4n) is 4.13. The molecule has 6 heteroatoms. The van der Waals surface area contributed by atoms with Crippen molar-refractivity contribution >= 4 is 18.0 Å². The number of piperidine rings is 1. The number of hydrogen-bond donors (Lipinski definition) is 1. The van der Waals surface area contributed by atoms with Crippen LogP contribution in [-0.2, 0) is 4.79 Å². The Hall–Kier alpha value is -2.34. The van der Waals surface area contributed by atoms with Gasteiger partial charge in [-0.05, 0) is 31.2 Å². The molecule has 4 rings (SSSR count). The number of carbonyl (C=O) groups is 2. The standard InChI is InChI=1S/C23H32N4O2/c28-22(20-10-13-27(14-11-20)23(29)24-21-8-9-21)26-17-15-25(16-18-26)12-4-7-19-5-2-1-3-6-19/h1-7,20-21H,8-18H2,(H,24,29). The maximum absolute atomic E-state index is 12.9. The molecule has 2 aliphatic heterocycles. The molecule has 0 spiro atoms. The Balaban J connectivity index is 1.16. The lowest BCUT2D eigenvalue weighted by Gasteiger charge is -2.38. The number of urea groups is 1. The highest BCUT2D eigenvalue weighted by atomic mass is 16.2. The van der Waals surface area contributed by atoms with Crippen molar-refractivity contribution in [2.45, 2.75) is 31.7 Å². The quantitative estimate of drug-likeness (QED) is 0.832. The molecule has 1 aromatic carbocycles. The molecule has 2 saturated heterocycles. The second kappa shape index (κ2) is 9.44. The minimum atomic E-state index is 0.0515. The van der Waals surface area contributed by atoms with Gasteiger partial charge in [0.1, 0.15) is 0 Å². The molecule has 2 heterocycles. The molecule has 1 aliphatic carbocycles. The third-order valence-electron chi connectivity index (χ3n) is 6.19. The van der Waals surface area contributed by atoms with Crippen LogP contribution >= 0.6 is 0 Å². The van der Waals surface area contributed by atoms with Crippen LogP contribution in [0.15, 0.2) is 36.4 Å². The lowest BCUT2D eigenvalue weighted by molar-refractivity contribution is -0.138. The van der Waals surface area contributed by atoms with Gasteiger partial charge in [0.05, 0.1) is 0 Å². The number of hydrogen-bond acceptors (Lipinski definition) is 3. The highest BCUT2D eigenvalue weighted by molar-refractivity contribution is 5.80. The average Bonchev–Trinajstić information content (AvgIpc) is 3.59. The van der Waals surface area contributed by atoms with Crippen molar-refractivity contribution in [2.75, 3.05) is 45.8 Å². The summed E-state index contributed by atoms with van der Waals surface area (Å²) in [5.74, 6) is 0.358. The molecule has 29 heavy (non-hydrogen) atoms. The lowest BCUT2D eigenvalue weighted by Crippen LogP contribution is -2.52. The Morgan fingerprint density at radius 2 is 1.59 bits per heavy atom. The maximum Gasteiger partial charge on any atom is 0.317 e. The van der Waals surface area contributed by atoms with Gasteiger partial charge in [-0.2, -0.15) is 0 Å². The summed E-state index contributed by atoms with van der Waals surface area (Å²) in [4.78, 5) is 31.3. The smallest absolute Gasteiger partial charge is 0.317 e. The van der Waals surface area contributed by atoms with Gasteiger partial charge in [-0.1, -0.05) is 42.5 Å². The van der Waals surface area contributed by atoms with Gasteiger partial charge in [0.25, 0.3) is 0 Å². The van der Waals surface area contributed by atoms with E-state index in [1.165, 1.54) is 5.56 Å². The molecule has 0 unspecified atom stereocenters. The first kappa shape index (κ1) is 20.0. The van der Waals surface area contributed by atoms with E-state index in [9.17, 15) is 9.59 Å². The summed E-state index contributed by atoms with van der Waals surface area (Å²) in [5, 5.41) is 3.04. The fraction of sp³-hybridized carbons (Fsp3) is 0.565. The monoisotopic (exact) mass is 396 g/mol. The minimum absolute atomic E-state index is 0.0515. The van der Waals surface area contributed by atoms with Crippen molar-refractivity contribution in [3.05, 3.63) is 42.0 Å². The van der Waals surface area contributed by atoms with Crippen molar-refractivity contribution in [2.24, 2.45) is 5.92 Å². The molecule has 3 aliphatic rings. The van der Waals surface area contributed by atoms with Gasteiger partial charge < -0.3 is 15.1 Å². The number of carbonyl (C=O) groups excluding carboxylic acids is 2. The largest absolute Gasteiger partial charge is 0.340 e. The summed E-state index contributed by atoms with van der Waals surface area (Å²) in [5.41, 5.74) is 1.22. The van der Waals surface area contributed by atoms with Gasteiger partial charge in [-0.15, -0.1) is 0 Å². The molecule has 0 atom stereocenters. The van der Waals surface area contributed by atoms with E-state index in [1.807, 2.05) is 28.0 Å². The van der Waals surface area contributed by atoms with Gasteiger partial charge in [-0.3, -0.25) is 9.69 Å². The van der Waals surface area contributed by atoms with Crippen LogP contribution in [0.3, 0.4) is 0 Å². The predicted molar refractivity (Wildman–Crippen MR) is 114 cm³/mol. The Morgan fingerprint density at radius 1 is 0.897 bits per heavy atom. The first-order chi connectivity index (χ1) is 14.2. The zero-order valence-electron chi connectivity index (χ0n) is 17.1. The van der Waals surface area contributed by atoms with Crippen molar-refractivity contribution in [3.8, 4) is 0 Å². The molecule has 3 amide bonds. The lowest BCUT2D eigenvalue weighted by atomic mass is 9.95. The summed E-state index contributed by atoms with van der Waals surface area (Å²) >= 11 is 0. The van der Waals surface area contributed by atoms with E-state index in [1.54, 1.807) is 0 Å². The van der Waals surface area contributed by atoms with Crippen molar-refractivity contribution in [1.82, 2.24) is 20.0 Å². The number of rotatable bonds is 5. The van der Waals surface area contributed by atoms with Crippen LogP contribution in [0.2, 0.25) is 0 Å². The number of nitrogens with zero attached hydrogens (tertiary/aromatic N) is 3. The first-order valence-electron chi connectivity index (χ1n) is 11.0. The van der Waals surface area contributed by atoms with Crippen LogP contribution in [0, 0.1) is 5.92 Å². The minimum Gasteiger partial charge on any atom is -0.340 e. The van der Waals surface area contributed by atoms with Gasteiger partial charge in [0.15, 0.2) is 0 Å². The second-order valence-electron chi connectivity index (χ2n) is 8.42. The van der Waals surface area contributed by atoms with Crippen LogP contribution in [-0.4, -0.2) is 78.5 Å². The van der Waals surface area contributed by atoms with Crippen LogP contribution in [0.25, 0.3) is 6.08 Å². The first-order valence-corrected chi connectivity index (χ1v) is 11.0. The van der Waals surface area contributed by atoms with E-state index in [4.69, 9.17) is 0 Å². The predicted octanol–water partition coefficient (Wildman–Crippen LogP) is 2.43. The third kappa shape index (κ3) is 5.60. The molecule has 1 saturated carbocycles. The Kier molecular flexibility index (Phi) is 6.49. The Morgan fingerprint density at radius 3 is 2.24 bits per heavy atom. The van der Waals surface area contributed by atoms with Crippen LogP contribution < -0.4 is 5.32 Å². The number of amides is 3. The molecule has 1 N–H and O–H groups in total. The normalized spacial score (nSPS) is 21.5. The topological polar surface area (TPSA) is 55.9 Å². The number of nitrogens with one attached hydrogen (secondary N) is 1. The van der Waals surface area contributed by atoms with E-state index in [2.05, 4.69) is 34.5 Å². The SMILES string of the molecule is O=C(NC1CC1)N1CCC(C(=O)N2CCN(CC=Cc3ccccc3)CC2)CC1. The zero-order chi connectivity index (χ0) is 20.1. The Labute approximate surface area is 173 Å². The zero-order valence-corrected chi connectivity index (χ0v) is 17.1. The Bertz CT molecular complexity index is 716. The summed E-state index contributed by atoms with van der Waals surface area (Å²) in [6.07, 6.45) is 8.15. The van der Waals surface area contributed by atoms with E-state index < -0.39 is 0 Å². The van der Waals surface area contributed by atoms with Gasteiger partial charge in [0.2, 0.25) is 5.91 Å². The highest BCUT2D eigenvalue weighted by Crippen LogP contribution is 2.23. The van der Waals surface area contributed by atoms with E-state index in [0.29, 0.717) is 19.1 Å². The van der Waals surface area contributed by atoms with E-state index in [-0.39, 0.29) is 17.9 Å². The highest BCUT2D eigenvalue weighted by Gasteiger charge is 2.33. The van der Waals surface area contributed by atoms with Gasteiger partial charge in [0, 0.05) is 57.8 Å². The van der Waals surface area contributed by atoms with E-state index in [0.717, 1.165) is 58.4 Å². The molecule has 0 radical (unpaired) electrons. The van der Waals surface area contributed by atoms with Crippen molar-refractivity contribution in [3.63, 3.8) is 0 Å². The number of piperazine rings is 1. The van der Waals surface area contributed by atoms with Crippen LogP contribution in [0.1, 0.15) is 31.2 Å². The van der Waals surface area contributed by atoms with Crippen LogP contribution in [0.5, 0.6) is 0 Å². The summed E-state index contributed by atoms with van der Waals surface area (Å²) in [7, 11) is 0. The van der Waals surface area contributed by atoms with Crippen molar-refractivity contribution in [1.29, 1.82) is 0 Å². The summed E-state index contributed by atoms with van der Waals surface area (Å²) in [6.45, 7) is 5.77. The third-order valence-corrected chi connectivity index (χ3v) is 6.19. The molecule has 1 aromatic rings. The molecule has 156 valence electrons. The number of likely N-dealkylation sites (tertiary alicyclic amines) is 1. The summed E-state index contributed by atoms with van der Waals surface area (Å²) in [6, 6.07) is 10.8. The fourth-order valence-corrected chi connectivity index (χ4v) is 4.13. The molecule has 3 fully saturated rings. The van der Waals surface area contributed by atoms with Gasteiger partial charge in [-0.25, -0.2) is 4.79 Å². The second-order valence-corrected chi connectivity index (χ2v) is 8.42. The number of benzene rings is 1. The maximum atomic E-state index is 12.9. The van der Waals surface area contributed by atoms with E-state index >= 15 is 0 Å².